The van der Waals surface area contributed by atoms with E-state index in [4.69, 9.17) is 5.11 Å². The summed E-state index contributed by atoms with van der Waals surface area (Å²) in [5, 5.41) is 19.6. The zero-order chi connectivity index (χ0) is 20.4. The summed E-state index contributed by atoms with van der Waals surface area (Å²) in [6.07, 6.45) is 3.32. The summed E-state index contributed by atoms with van der Waals surface area (Å²) in [5.74, 6) is -0.565. The predicted molar refractivity (Wildman–Crippen MR) is 111 cm³/mol. The van der Waals surface area contributed by atoms with Crippen molar-refractivity contribution in [1.82, 2.24) is 9.55 Å². The normalized spacial score (nSPS) is 11.2. The van der Waals surface area contributed by atoms with Crippen molar-refractivity contribution >= 4 is 29.0 Å². The smallest absolute Gasteiger partial charge is 0.335 e. The first kappa shape index (κ1) is 18.2. The van der Waals surface area contributed by atoms with E-state index in [0.717, 1.165) is 0 Å². The largest absolute Gasteiger partial charge is 0.507 e. The number of phenolic OH excluding ortho intramolecular Hbond substituents is 1. The quantitative estimate of drug-likeness (QED) is 0.556. The van der Waals surface area contributed by atoms with Gasteiger partial charge in [0.15, 0.2) is 0 Å². The van der Waals surface area contributed by atoms with Gasteiger partial charge >= 0.3 is 5.97 Å². The van der Waals surface area contributed by atoms with E-state index in [1.54, 1.807) is 72.8 Å². The highest BCUT2D eigenvalue weighted by molar-refractivity contribution is 5.88. The molecule has 1 heterocycles. The topological polar surface area (TPSA) is 92.4 Å². The molecule has 2 N–H and O–H groups in total. The first-order valence-electron chi connectivity index (χ1n) is 8.86. The number of carbonyl (C=O) groups is 1. The first-order valence-corrected chi connectivity index (χ1v) is 8.86. The van der Waals surface area contributed by atoms with Crippen molar-refractivity contribution in [2.75, 3.05) is 0 Å². The number of hydrogen-bond acceptors (Lipinski definition) is 4. The summed E-state index contributed by atoms with van der Waals surface area (Å²) in [6.45, 7) is 0. The summed E-state index contributed by atoms with van der Waals surface area (Å²) >= 11 is 0. The van der Waals surface area contributed by atoms with E-state index in [1.165, 1.54) is 16.7 Å². The summed E-state index contributed by atoms with van der Waals surface area (Å²) in [6, 6.07) is 19.9. The lowest BCUT2D eigenvalue weighted by Gasteiger charge is -2.12. The third-order valence-corrected chi connectivity index (χ3v) is 4.52. The van der Waals surface area contributed by atoms with E-state index < -0.39 is 5.97 Å². The number of rotatable bonds is 4. The lowest BCUT2D eigenvalue weighted by atomic mass is 10.1. The molecule has 0 atom stereocenters. The van der Waals surface area contributed by atoms with Crippen LogP contribution in [-0.2, 0) is 0 Å². The molecule has 0 radical (unpaired) electrons. The molecule has 1 aromatic heterocycles. The molecule has 0 aliphatic carbocycles. The molecular formula is C23H16N2O4. The number of phenols is 1. The summed E-state index contributed by atoms with van der Waals surface area (Å²) in [4.78, 5) is 28.9. The molecule has 4 rings (SSSR count). The molecule has 0 unspecified atom stereocenters. The number of hydrogen-bond donors (Lipinski definition) is 2. The maximum atomic E-state index is 13.2. The number of carboxylic acids is 1. The Morgan fingerprint density at radius 3 is 2.31 bits per heavy atom. The van der Waals surface area contributed by atoms with Crippen LogP contribution >= 0.6 is 0 Å². The Labute approximate surface area is 165 Å². The van der Waals surface area contributed by atoms with Gasteiger partial charge in [0.2, 0.25) is 0 Å². The van der Waals surface area contributed by atoms with E-state index in [1.807, 2.05) is 0 Å². The van der Waals surface area contributed by atoms with Crippen LogP contribution in [0.5, 0.6) is 5.75 Å². The van der Waals surface area contributed by atoms with Crippen molar-refractivity contribution in [2.24, 2.45) is 0 Å². The molecule has 0 fully saturated rings. The monoisotopic (exact) mass is 384 g/mol. The molecule has 0 spiro atoms. The minimum atomic E-state index is -1.04. The van der Waals surface area contributed by atoms with Gasteiger partial charge in [-0.15, -0.1) is 0 Å². The molecule has 0 aliphatic rings. The van der Waals surface area contributed by atoms with Gasteiger partial charge < -0.3 is 10.2 Å². The second kappa shape index (κ2) is 7.44. The predicted octanol–water partition coefficient (Wildman–Crippen LogP) is 3.96. The molecule has 0 bridgehead atoms. The number of nitrogens with zero attached hydrogens (tertiary/aromatic N) is 2. The Kier molecular flexibility index (Phi) is 4.66. The van der Waals surface area contributed by atoms with E-state index in [-0.39, 0.29) is 16.9 Å². The average Bonchev–Trinajstić information content (AvgIpc) is 2.73. The highest BCUT2D eigenvalue weighted by Crippen LogP contribution is 2.20. The minimum Gasteiger partial charge on any atom is -0.507 e. The Balaban J connectivity index is 1.92. The Hall–Kier alpha value is -4.19. The highest BCUT2D eigenvalue weighted by Gasteiger charge is 2.12. The van der Waals surface area contributed by atoms with Crippen molar-refractivity contribution < 1.29 is 15.0 Å². The molecule has 3 aromatic carbocycles. The molecule has 0 amide bonds. The molecule has 0 saturated carbocycles. The zero-order valence-corrected chi connectivity index (χ0v) is 15.2. The second-order valence-corrected chi connectivity index (χ2v) is 6.37. The van der Waals surface area contributed by atoms with Crippen LogP contribution in [-0.4, -0.2) is 25.7 Å². The van der Waals surface area contributed by atoms with Gasteiger partial charge in [-0.2, -0.15) is 0 Å². The van der Waals surface area contributed by atoms with E-state index in [0.29, 0.717) is 28.0 Å². The molecular weight excluding hydrogens is 368 g/mol. The Morgan fingerprint density at radius 2 is 1.59 bits per heavy atom. The summed E-state index contributed by atoms with van der Waals surface area (Å²) < 4.78 is 1.42. The summed E-state index contributed by atoms with van der Waals surface area (Å²) in [5.41, 5.74) is 1.49. The number of aromatic nitrogens is 2. The second-order valence-electron chi connectivity index (χ2n) is 6.37. The van der Waals surface area contributed by atoms with Crippen molar-refractivity contribution in [3.63, 3.8) is 0 Å². The summed E-state index contributed by atoms with van der Waals surface area (Å²) in [7, 11) is 0. The lowest BCUT2D eigenvalue weighted by molar-refractivity contribution is 0.0697. The van der Waals surface area contributed by atoms with Crippen molar-refractivity contribution in [2.45, 2.75) is 0 Å². The van der Waals surface area contributed by atoms with Gasteiger partial charge in [0.05, 0.1) is 22.2 Å². The maximum Gasteiger partial charge on any atom is 0.335 e. The van der Waals surface area contributed by atoms with Gasteiger partial charge in [-0.05, 0) is 54.6 Å². The van der Waals surface area contributed by atoms with Gasteiger partial charge in [-0.1, -0.05) is 30.3 Å². The van der Waals surface area contributed by atoms with Crippen LogP contribution in [0.1, 0.15) is 21.7 Å². The average molecular weight is 384 g/mol. The van der Waals surface area contributed by atoms with Gasteiger partial charge in [0.25, 0.3) is 5.56 Å². The first-order chi connectivity index (χ1) is 14.0. The van der Waals surface area contributed by atoms with Crippen LogP contribution in [0.25, 0.3) is 28.7 Å². The van der Waals surface area contributed by atoms with Crippen molar-refractivity contribution in [1.29, 1.82) is 0 Å². The van der Waals surface area contributed by atoms with Gasteiger partial charge in [0, 0.05) is 5.56 Å². The van der Waals surface area contributed by atoms with Gasteiger partial charge in [-0.3, -0.25) is 9.36 Å². The fourth-order valence-corrected chi connectivity index (χ4v) is 3.06. The van der Waals surface area contributed by atoms with E-state index in [9.17, 15) is 14.7 Å². The van der Waals surface area contributed by atoms with Crippen molar-refractivity contribution in [3.8, 4) is 11.4 Å². The van der Waals surface area contributed by atoms with Crippen LogP contribution in [0.3, 0.4) is 0 Å². The highest BCUT2D eigenvalue weighted by atomic mass is 16.4. The maximum absolute atomic E-state index is 13.2. The van der Waals surface area contributed by atoms with Crippen LogP contribution in [0, 0.1) is 0 Å². The van der Waals surface area contributed by atoms with Crippen molar-refractivity contribution in [3.05, 3.63) is 100 Å². The molecule has 6 nitrogen and oxygen atoms in total. The molecule has 142 valence electrons. The fourth-order valence-electron chi connectivity index (χ4n) is 3.06. The third-order valence-electron chi connectivity index (χ3n) is 4.52. The molecule has 0 aliphatic heterocycles. The SMILES string of the molecule is O=C(O)c1ccc(-n2c(/C=C/c3ccccc3O)nc3ccccc3c2=O)cc1. The standard InChI is InChI=1S/C23H16N2O4/c26-20-8-4-1-5-15(20)11-14-21-24-19-7-3-2-6-18(19)22(27)25(21)17-12-9-16(10-13-17)23(28)29/h1-14,26H,(H,28,29)/b14-11+. The van der Waals surface area contributed by atoms with Crippen LogP contribution in [0.2, 0.25) is 0 Å². The molecule has 6 heteroatoms. The number of benzene rings is 3. The number of fused-ring (bicyclic) bond motifs is 1. The molecule has 0 saturated heterocycles. The molecule has 29 heavy (non-hydrogen) atoms. The van der Waals surface area contributed by atoms with E-state index in [2.05, 4.69) is 4.98 Å². The number of aromatic carboxylic acids is 1. The zero-order valence-electron chi connectivity index (χ0n) is 15.2. The number of carboxylic acid groups (broad SMARTS) is 1. The molecule has 4 aromatic rings. The van der Waals surface area contributed by atoms with Crippen LogP contribution in [0.4, 0.5) is 0 Å². The number of aromatic hydroxyl groups is 1. The minimum absolute atomic E-state index is 0.115. The van der Waals surface area contributed by atoms with Gasteiger partial charge in [-0.25, -0.2) is 9.78 Å². The van der Waals surface area contributed by atoms with E-state index >= 15 is 0 Å². The Bertz CT molecular complexity index is 1300. The lowest BCUT2D eigenvalue weighted by Crippen LogP contribution is -2.22. The Morgan fingerprint density at radius 1 is 0.897 bits per heavy atom. The van der Waals surface area contributed by atoms with Crippen LogP contribution < -0.4 is 5.56 Å². The van der Waals surface area contributed by atoms with Gasteiger partial charge in [0.1, 0.15) is 11.6 Å². The third kappa shape index (κ3) is 3.51. The van der Waals surface area contributed by atoms with Crippen LogP contribution in [0.15, 0.2) is 77.6 Å². The number of para-hydroxylation sites is 2. The fraction of sp³-hybridized carbons (Fsp3) is 0.